The largest absolute Gasteiger partial charge is 0.449 e. The molecule has 5 heteroatoms. The van der Waals surface area contributed by atoms with Gasteiger partial charge in [0.25, 0.3) is 0 Å². The summed E-state index contributed by atoms with van der Waals surface area (Å²) >= 11 is 0. The molecule has 0 bridgehead atoms. The molecular formula is C14H20N2O3. The van der Waals surface area contributed by atoms with Crippen LogP contribution in [0, 0.1) is 0 Å². The third kappa shape index (κ3) is 6.01. The third-order valence-corrected chi connectivity index (χ3v) is 2.59. The van der Waals surface area contributed by atoms with E-state index in [1.54, 1.807) is 0 Å². The maximum atomic E-state index is 11.7. The van der Waals surface area contributed by atoms with E-state index >= 15 is 0 Å². The van der Waals surface area contributed by atoms with Gasteiger partial charge in [-0.25, -0.2) is 4.79 Å². The molecule has 1 rings (SSSR count). The maximum Gasteiger partial charge on any atom is 0.413 e. The third-order valence-electron chi connectivity index (χ3n) is 2.59. The van der Waals surface area contributed by atoms with Crippen molar-refractivity contribution in [3.8, 4) is 0 Å². The highest BCUT2D eigenvalue weighted by Crippen LogP contribution is 2.01. The Morgan fingerprint density at radius 1 is 1.32 bits per heavy atom. The van der Waals surface area contributed by atoms with Crippen molar-refractivity contribution in [1.82, 2.24) is 5.32 Å². The summed E-state index contributed by atoms with van der Waals surface area (Å²) in [7, 11) is 0. The van der Waals surface area contributed by atoms with Crippen LogP contribution in [0.5, 0.6) is 0 Å². The monoisotopic (exact) mass is 264 g/mol. The maximum absolute atomic E-state index is 11.7. The number of hydrogen-bond acceptors (Lipinski definition) is 4. The first-order valence-electron chi connectivity index (χ1n) is 6.40. The SMILES string of the molecule is CCCCOC(=O)NC(=O)[C@@H](N)Cc1ccccc1. The molecule has 104 valence electrons. The summed E-state index contributed by atoms with van der Waals surface area (Å²) in [6, 6.07) is 8.64. The average molecular weight is 264 g/mol. The van der Waals surface area contributed by atoms with Crippen LogP contribution in [-0.4, -0.2) is 24.6 Å². The van der Waals surface area contributed by atoms with Gasteiger partial charge >= 0.3 is 6.09 Å². The summed E-state index contributed by atoms with van der Waals surface area (Å²) in [6.07, 6.45) is 1.35. The number of amides is 2. The summed E-state index contributed by atoms with van der Waals surface area (Å²) in [5.41, 5.74) is 6.68. The minimum Gasteiger partial charge on any atom is -0.449 e. The zero-order chi connectivity index (χ0) is 14.1. The van der Waals surface area contributed by atoms with Gasteiger partial charge in [-0.3, -0.25) is 10.1 Å². The van der Waals surface area contributed by atoms with Crippen LogP contribution in [0.4, 0.5) is 4.79 Å². The number of carbonyl (C=O) groups is 2. The normalized spacial score (nSPS) is 11.7. The van der Waals surface area contributed by atoms with E-state index in [0.717, 1.165) is 18.4 Å². The second-order valence-electron chi connectivity index (χ2n) is 4.27. The molecule has 0 radical (unpaired) electrons. The van der Waals surface area contributed by atoms with E-state index in [2.05, 4.69) is 5.32 Å². The fourth-order valence-corrected chi connectivity index (χ4v) is 1.50. The van der Waals surface area contributed by atoms with E-state index in [-0.39, 0.29) is 0 Å². The molecule has 19 heavy (non-hydrogen) atoms. The molecule has 0 saturated heterocycles. The molecule has 0 saturated carbocycles. The zero-order valence-electron chi connectivity index (χ0n) is 11.1. The Morgan fingerprint density at radius 2 is 2.00 bits per heavy atom. The number of alkyl carbamates (subject to hydrolysis) is 1. The first kappa shape index (κ1) is 15.2. The van der Waals surface area contributed by atoms with Crippen LogP contribution in [0.25, 0.3) is 0 Å². The fourth-order valence-electron chi connectivity index (χ4n) is 1.50. The van der Waals surface area contributed by atoms with Crippen LogP contribution in [-0.2, 0) is 16.0 Å². The quantitative estimate of drug-likeness (QED) is 0.765. The van der Waals surface area contributed by atoms with Crippen LogP contribution in [0.1, 0.15) is 25.3 Å². The van der Waals surface area contributed by atoms with E-state index in [1.165, 1.54) is 0 Å². The second kappa shape index (κ2) is 8.26. The van der Waals surface area contributed by atoms with Crippen molar-refractivity contribution in [1.29, 1.82) is 0 Å². The van der Waals surface area contributed by atoms with Gasteiger partial charge in [0, 0.05) is 0 Å². The summed E-state index contributed by atoms with van der Waals surface area (Å²) in [5, 5.41) is 2.13. The topological polar surface area (TPSA) is 81.4 Å². The lowest BCUT2D eigenvalue weighted by Crippen LogP contribution is -2.44. The minimum absolute atomic E-state index is 0.309. The van der Waals surface area contributed by atoms with Gasteiger partial charge in [0.05, 0.1) is 12.6 Å². The number of rotatable bonds is 6. The molecule has 0 heterocycles. The Balaban J connectivity index is 2.34. The highest BCUT2D eigenvalue weighted by molar-refractivity contribution is 5.94. The Hall–Kier alpha value is -1.88. The number of ether oxygens (including phenoxy) is 1. The van der Waals surface area contributed by atoms with Gasteiger partial charge in [0.2, 0.25) is 5.91 Å². The van der Waals surface area contributed by atoms with E-state index in [0.29, 0.717) is 13.0 Å². The second-order valence-corrected chi connectivity index (χ2v) is 4.27. The van der Waals surface area contributed by atoms with Crippen LogP contribution < -0.4 is 11.1 Å². The molecule has 0 unspecified atom stereocenters. The van der Waals surface area contributed by atoms with Gasteiger partial charge < -0.3 is 10.5 Å². The standard InChI is InChI=1S/C14H20N2O3/c1-2-3-9-19-14(18)16-13(17)12(15)10-11-7-5-4-6-8-11/h4-8,12H,2-3,9-10,15H2,1H3,(H,16,17,18)/t12-/m0/s1. The lowest BCUT2D eigenvalue weighted by atomic mass is 10.1. The number of carbonyl (C=O) groups excluding carboxylic acids is 2. The minimum atomic E-state index is -0.763. The first-order valence-corrected chi connectivity index (χ1v) is 6.40. The Morgan fingerprint density at radius 3 is 2.63 bits per heavy atom. The summed E-state index contributed by atoms with van der Waals surface area (Å²) in [4.78, 5) is 22.9. The Labute approximate surface area is 113 Å². The summed E-state index contributed by atoms with van der Waals surface area (Å²) in [5.74, 6) is -0.523. The van der Waals surface area contributed by atoms with Crippen molar-refractivity contribution < 1.29 is 14.3 Å². The number of unbranched alkanes of at least 4 members (excludes halogenated alkanes) is 1. The molecule has 0 aromatic heterocycles. The van der Waals surface area contributed by atoms with Crippen molar-refractivity contribution in [2.75, 3.05) is 6.61 Å². The molecule has 3 N–H and O–H groups in total. The lowest BCUT2D eigenvalue weighted by molar-refractivity contribution is -0.121. The van der Waals surface area contributed by atoms with Crippen molar-refractivity contribution in [3.05, 3.63) is 35.9 Å². The smallest absolute Gasteiger partial charge is 0.413 e. The van der Waals surface area contributed by atoms with E-state index < -0.39 is 18.0 Å². The van der Waals surface area contributed by atoms with Crippen molar-refractivity contribution in [2.45, 2.75) is 32.2 Å². The highest BCUT2D eigenvalue weighted by atomic mass is 16.5. The van der Waals surface area contributed by atoms with Gasteiger partial charge in [0.1, 0.15) is 0 Å². The molecule has 0 fully saturated rings. The number of nitrogens with two attached hydrogens (primary N) is 1. The average Bonchev–Trinajstić information content (AvgIpc) is 2.40. The molecule has 0 aliphatic rings. The number of benzene rings is 1. The van der Waals surface area contributed by atoms with Crippen LogP contribution >= 0.6 is 0 Å². The highest BCUT2D eigenvalue weighted by Gasteiger charge is 2.17. The number of imide groups is 1. The first-order chi connectivity index (χ1) is 9.13. The van der Waals surface area contributed by atoms with E-state index in [4.69, 9.17) is 10.5 Å². The molecule has 5 nitrogen and oxygen atoms in total. The molecule has 0 aliphatic heterocycles. The Kier molecular flexibility index (Phi) is 6.60. The molecular weight excluding hydrogens is 244 g/mol. The molecule has 0 aliphatic carbocycles. The fraction of sp³-hybridized carbons (Fsp3) is 0.429. The summed E-state index contributed by atoms with van der Waals surface area (Å²) < 4.78 is 4.83. The van der Waals surface area contributed by atoms with Crippen LogP contribution in [0.15, 0.2) is 30.3 Å². The molecule has 2 amide bonds. The molecule has 1 aromatic carbocycles. The zero-order valence-corrected chi connectivity index (χ0v) is 11.1. The van der Waals surface area contributed by atoms with Gasteiger partial charge in [-0.15, -0.1) is 0 Å². The number of nitrogens with one attached hydrogen (secondary N) is 1. The van der Waals surface area contributed by atoms with Gasteiger partial charge in [-0.1, -0.05) is 43.7 Å². The predicted octanol–water partition coefficient (Wildman–Crippen LogP) is 1.61. The van der Waals surface area contributed by atoms with E-state index in [9.17, 15) is 9.59 Å². The van der Waals surface area contributed by atoms with E-state index in [1.807, 2.05) is 37.3 Å². The lowest BCUT2D eigenvalue weighted by Gasteiger charge is -2.11. The number of hydrogen-bond donors (Lipinski definition) is 2. The Bertz CT molecular complexity index is 406. The van der Waals surface area contributed by atoms with Crippen molar-refractivity contribution >= 4 is 12.0 Å². The van der Waals surface area contributed by atoms with Crippen LogP contribution in [0.3, 0.4) is 0 Å². The summed E-state index contributed by atoms with van der Waals surface area (Å²) in [6.45, 7) is 2.30. The van der Waals surface area contributed by atoms with Crippen molar-refractivity contribution in [3.63, 3.8) is 0 Å². The van der Waals surface area contributed by atoms with Crippen molar-refractivity contribution in [2.24, 2.45) is 5.73 Å². The van der Waals surface area contributed by atoms with Gasteiger partial charge in [0.15, 0.2) is 0 Å². The molecule has 0 spiro atoms. The molecule has 1 aromatic rings. The van der Waals surface area contributed by atoms with Gasteiger partial charge in [-0.2, -0.15) is 0 Å². The van der Waals surface area contributed by atoms with Gasteiger partial charge in [-0.05, 0) is 18.4 Å². The molecule has 1 atom stereocenters. The predicted molar refractivity (Wildman–Crippen MR) is 72.5 cm³/mol. The van der Waals surface area contributed by atoms with Crippen LogP contribution in [0.2, 0.25) is 0 Å².